The number of nitrogens with zero attached hydrogens (tertiary/aromatic N) is 3. The fraction of sp³-hybridized carbons (Fsp3) is 0.476. The molecule has 2 N–H and O–H groups in total. The first-order valence-electron chi connectivity index (χ1n) is 9.88. The molecule has 2 heterocycles. The van der Waals surface area contributed by atoms with Gasteiger partial charge in [-0.1, -0.05) is 18.2 Å². The predicted molar refractivity (Wildman–Crippen MR) is 110 cm³/mol. The lowest BCUT2D eigenvalue weighted by atomic mass is 9.96. The maximum Gasteiger partial charge on any atom is 0.238 e. The number of carbonyl (C=O) groups is 2. The first-order chi connectivity index (χ1) is 13.5. The van der Waals surface area contributed by atoms with Crippen molar-refractivity contribution >= 4 is 23.2 Å². The van der Waals surface area contributed by atoms with Crippen LogP contribution in [0, 0.1) is 19.8 Å². The summed E-state index contributed by atoms with van der Waals surface area (Å²) in [7, 11) is 0. The largest absolute Gasteiger partial charge is 0.324 e. The highest BCUT2D eigenvalue weighted by Gasteiger charge is 2.26. The molecule has 1 saturated heterocycles. The number of piperidine rings is 1. The Kier molecular flexibility index (Phi) is 6.46. The van der Waals surface area contributed by atoms with Crippen LogP contribution in [0.5, 0.6) is 0 Å². The van der Waals surface area contributed by atoms with E-state index in [0.29, 0.717) is 6.54 Å². The van der Waals surface area contributed by atoms with Crippen molar-refractivity contribution < 1.29 is 9.59 Å². The number of carbonyl (C=O) groups excluding carboxylic acids is 2. The number of amides is 2. The molecule has 150 valence electrons. The van der Waals surface area contributed by atoms with Crippen molar-refractivity contribution in [2.24, 2.45) is 5.92 Å². The number of hydrogen-bond acceptors (Lipinski definition) is 4. The third-order valence-corrected chi connectivity index (χ3v) is 5.30. The number of likely N-dealkylation sites (tertiary alicyclic amines) is 1. The maximum atomic E-state index is 12.5. The summed E-state index contributed by atoms with van der Waals surface area (Å²) in [5, 5.41) is 10.2. The highest BCUT2D eigenvalue weighted by Crippen LogP contribution is 2.21. The van der Waals surface area contributed by atoms with Crippen LogP contribution < -0.4 is 10.6 Å². The van der Waals surface area contributed by atoms with Crippen LogP contribution in [0.25, 0.3) is 0 Å². The van der Waals surface area contributed by atoms with E-state index in [0.717, 1.165) is 55.0 Å². The second-order valence-electron chi connectivity index (χ2n) is 7.44. The second kappa shape index (κ2) is 9.01. The van der Waals surface area contributed by atoms with E-state index in [1.165, 1.54) is 0 Å². The molecule has 0 unspecified atom stereocenters. The molecule has 0 spiro atoms. The molecule has 7 nitrogen and oxygen atoms in total. The maximum absolute atomic E-state index is 12.5. The Morgan fingerprint density at radius 2 is 1.82 bits per heavy atom. The van der Waals surface area contributed by atoms with E-state index in [4.69, 9.17) is 0 Å². The minimum atomic E-state index is -0.0251. The molecule has 2 amide bonds. The summed E-state index contributed by atoms with van der Waals surface area (Å²) in [6, 6.07) is 5.98. The number of rotatable bonds is 6. The van der Waals surface area contributed by atoms with E-state index in [1.54, 1.807) is 10.9 Å². The zero-order valence-corrected chi connectivity index (χ0v) is 16.9. The van der Waals surface area contributed by atoms with Crippen LogP contribution in [0.3, 0.4) is 0 Å². The van der Waals surface area contributed by atoms with Crippen LogP contribution in [0.15, 0.2) is 30.6 Å². The van der Waals surface area contributed by atoms with Gasteiger partial charge < -0.3 is 10.6 Å². The van der Waals surface area contributed by atoms with E-state index in [9.17, 15) is 9.59 Å². The highest BCUT2D eigenvalue weighted by molar-refractivity contribution is 5.94. The summed E-state index contributed by atoms with van der Waals surface area (Å²) in [5.74, 6) is 0.00507. The molecule has 1 aromatic carbocycles. The summed E-state index contributed by atoms with van der Waals surface area (Å²) < 4.78 is 1.78. The summed E-state index contributed by atoms with van der Waals surface area (Å²) in [5.41, 5.74) is 3.77. The Morgan fingerprint density at radius 1 is 1.14 bits per heavy atom. The number of aromatic nitrogens is 2. The molecule has 0 radical (unpaired) electrons. The van der Waals surface area contributed by atoms with Crippen molar-refractivity contribution in [2.75, 3.05) is 30.3 Å². The van der Waals surface area contributed by atoms with E-state index in [2.05, 4.69) is 20.6 Å². The molecule has 1 aromatic heterocycles. The number of anilines is 2. The highest BCUT2D eigenvalue weighted by atomic mass is 16.2. The Bertz CT molecular complexity index is 817. The van der Waals surface area contributed by atoms with E-state index >= 15 is 0 Å². The van der Waals surface area contributed by atoms with Crippen LogP contribution in [-0.4, -0.2) is 46.1 Å². The molecular weight excluding hydrogens is 354 g/mol. The number of para-hydroxylation sites is 1. The standard InChI is InChI=1S/C21H29N5O2/c1-4-26-13-18(12-22-26)23-21(28)17-8-10-25(11-9-17)14-19(27)24-20-15(2)6-5-7-16(20)3/h5-7,12-13,17H,4,8-11,14H2,1-3H3,(H,23,28)(H,24,27). The Balaban J connectivity index is 1.45. The molecule has 0 atom stereocenters. The smallest absolute Gasteiger partial charge is 0.238 e. The first-order valence-corrected chi connectivity index (χ1v) is 9.88. The van der Waals surface area contributed by atoms with Gasteiger partial charge in [0, 0.05) is 24.3 Å². The molecule has 7 heteroatoms. The van der Waals surface area contributed by atoms with E-state index in [1.807, 2.05) is 45.2 Å². The van der Waals surface area contributed by atoms with Gasteiger partial charge in [0.15, 0.2) is 0 Å². The van der Waals surface area contributed by atoms with Gasteiger partial charge in [0.25, 0.3) is 0 Å². The quantitative estimate of drug-likeness (QED) is 0.804. The van der Waals surface area contributed by atoms with Gasteiger partial charge in [0.1, 0.15) is 0 Å². The average molecular weight is 383 g/mol. The predicted octanol–water partition coefficient (Wildman–Crippen LogP) is 2.81. The second-order valence-corrected chi connectivity index (χ2v) is 7.44. The van der Waals surface area contributed by atoms with Crippen LogP contribution in [0.1, 0.15) is 30.9 Å². The summed E-state index contributed by atoms with van der Waals surface area (Å²) >= 11 is 0. The molecule has 0 bridgehead atoms. The molecule has 2 aromatic rings. The lowest BCUT2D eigenvalue weighted by Gasteiger charge is -2.30. The minimum absolute atomic E-state index is 0.00715. The molecule has 1 aliphatic rings. The van der Waals surface area contributed by atoms with Crippen LogP contribution >= 0.6 is 0 Å². The fourth-order valence-electron chi connectivity index (χ4n) is 3.59. The van der Waals surface area contributed by atoms with Gasteiger partial charge in [0.2, 0.25) is 11.8 Å². The van der Waals surface area contributed by atoms with Gasteiger partial charge >= 0.3 is 0 Å². The van der Waals surface area contributed by atoms with Crippen LogP contribution in [-0.2, 0) is 16.1 Å². The lowest BCUT2D eigenvalue weighted by molar-refractivity contribution is -0.121. The van der Waals surface area contributed by atoms with Gasteiger partial charge in [-0.15, -0.1) is 0 Å². The van der Waals surface area contributed by atoms with Crippen molar-refractivity contribution in [3.05, 3.63) is 41.7 Å². The monoisotopic (exact) mass is 383 g/mol. The van der Waals surface area contributed by atoms with Gasteiger partial charge in [-0.05, 0) is 57.8 Å². The molecule has 3 rings (SSSR count). The third kappa shape index (κ3) is 4.98. The molecule has 28 heavy (non-hydrogen) atoms. The van der Waals surface area contributed by atoms with Crippen LogP contribution in [0.4, 0.5) is 11.4 Å². The number of benzene rings is 1. The minimum Gasteiger partial charge on any atom is -0.324 e. The molecular formula is C21H29N5O2. The van der Waals surface area contributed by atoms with Crippen molar-refractivity contribution in [2.45, 2.75) is 40.2 Å². The number of hydrogen-bond donors (Lipinski definition) is 2. The Labute approximate surface area is 166 Å². The van der Waals surface area contributed by atoms with Crippen molar-refractivity contribution in [1.29, 1.82) is 0 Å². The normalized spacial score (nSPS) is 15.4. The van der Waals surface area contributed by atoms with Gasteiger partial charge in [0.05, 0.1) is 18.4 Å². The number of nitrogens with one attached hydrogen (secondary N) is 2. The average Bonchev–Trinajstić information content (AvgIpc) is 3.13. The number of aryl methyl sites for hydroxylation is 3. The summed E-state index contributed by atoms with van der Waals surface area (Å²) in [6.45, 7) is 8.61. The molecule has 0 aliphatic carbocycles. The fourth-order valence-corrected chi connectivity index (χ4v) is 3.59. The van der Waals surface area contributed by atoms with Gasteiger partial charge in [-0.25, -0.2) is 0 Å². The zero-order valence-electron chi connectivity index (χ0n) is 16.9. The van der Waals surface area contributed by atoms with Gasteiger partial charge in [-0.2, -0.15) is 5.10 Å². The molecule has 1 fully saturated rings. The van der Waals surface area contributed by atoms with Crippen molar-refractivity contribution in [1.82, 2.24) is 14.7 Å². The summed E-state index contributed by atoms with van der Waals surface area (Å²) in [4.78, 5) is 27.0. The third-order valence-electron chi connectivity index (χ3n) is 5.30. The van der Waals surface area contributed by atoms with E-state index < -0.39 is 0 Å². The first kappa shape index (κ1) is 20.1. The Hall–Kier alpha value is -2.67. The molecule has 0 saturated carbocycles. The topological polar surface area (TPSA) is 79.3 Å². The lowest BCUT2D eigenvalue weighted by Crippen LogP contribution is -2.41. The van der Waals surface area contributed by atoms with Crippen molar-refractivity contribution in [3.63, 3.8) is 0 Å². The molecule has 1 aliphatic heterocycles. The Morgan fingerprint density at radius 3 is 2.43 bits per heavy atom. The zero-order chi connectivity index (χ0) is 20.1. The van der Waals surface area contributed by atoms with E-state index in [-0.39, 0.29) is 17.7 Å². The SMILES string of the molecule is CCn1cc(NC(=O)C2CCN(CC(=O)Nc3c(C)cccc3C)CC2)cn1. The summed E-state index contributed by atoms with van der Waals surface area (Å²) in [6.07, 6.45) is 5.02. The van der Waals surface area contributed by atoms with Gasteiger partial charge in [-0.3, -0.25) is 19.2 Å². The van der Waals surface area contributed by atoms with Crippen molar-refractivity contribution in [3.8, 4) is 0 Å². The van der Waals surface area contributed by atoms with Crippen LogP contribution in [0.2, 0.25) is 0 Å².